The summed E-state index contributed by atoms with van der Waals surface area (Å²) in [6.07, 6.45) is 3.52. The van der Waals surface area contributed by atoms with Crippen molar-refractivity contribution in [3.05, 3.63) is 127 Å². The van der Waals surface area contributed by atoms with Crippen LogP contribution in [-0.2, 0) is 11.0 Å². The topological polar surface area (TPSA) is 123 Å². The van der Waals surface area contributed by atoms with Gasteiger partial charge in [-0.1, -0.05) is 43.0 Å². The summed E-state index contributed by atoms with van der Waals surface area (Å²) >= 11 is 1.56. The quantitative estimate of drug-likeness (QED) is 0.122. The molecular weight excluding hydrogens is 589 g/mol. The van der Waals surface area contributed by atoms with Crippen molar-refractivity contribution in [1.82, 2.24) is 18.9 Å². The second-order valence-electron chi connectivity index (χ2n) is 9.93. The third kappa shape index (κ3) is 5.61. The first kappa shape index (κ1) is 27.3. The molecule has 0 saturated heterocycles. The molecule has 9 nitrogen and oxygen atoms in total. The van der Waals surface area contributed by atoms with Crippen LogP contribution in [0.3, 0.4) is 0 Å². The number of fused-ring (bicyclic) bond motifs is 2. The van der Waals surface area contributed by atoms with Crippen molar-refractivity contribution in [3.63, 3.8) is 0 Å². The number of hydrogen-bond acceptors (Lipinski definition) is 9. The number of nitrogen functional groups attached to an aromatic ring is 1. The Morgan fingerprint density at radius 3 is 2.52 bits per heavy atom. The van der Waals surface area contributed by atoms with Crippen LogP contribution >= 0.6 is 11.3 Å². The van der Waals surface area contributed by atoms with E-state index in [1.54, 1.807) is 27.7 Å². The highest BCUT2D eigenvalue weighted by atomic mass is 32.2. The second kappa shape index (κ2) is 11.6. The first-order valence-electron chi connectivity index (χ1n) is 13.7. The molecule has 0 radical (unpaired) electrons. The number of nitrogens with one attached hydrogen (secondary N) is 3. The summed E-state index contributed by atoms with van der Waals surface area (Å²) in [7, 11) is -1.39. The van der Waals surface area contributed by atoms with E-state index in [0.29, 0.717) is 28.0 Å². The Balaban J connectivity index is 1.12. The number of rotatable bonds is 9. The summed E-state index contributed by atoms with van der Waals surface area (Å²) in [5, 5.41) is 13.0. The predicted octanol–water partition coefficient (Wildman–Crippen LogP) is 7.76. The van der Waals surface area contributed by atoms with Gasteiger partial charge in [-0.05, 0) is 71.6 Å². The van der Waals surface area contributed by atoms with E-state index in [2.05, 4.69) is 27.5 Å². The fourth-order valence-corrected chi connectivity index (χ4v) is 6.60. The number of nitrogens with two attached hydrogens (primary N) is 1. The molecule has 3 aromatic carbocycles. The molecular formula is C33H26N8OS2. The number of anilines is 6. The Bertz CT molecular complexity index is 2160. The highest BCUT2D eigenvalue weighted by Crippen LogP contribution is 2.32. The van der Waals surface area contributed by atoms with Gasteiger partial charge in [-0.25, -0.2) is 18.1 Å². The highest BCUT2D eigenvalue weighted by Gasteiger charge is 2.14. The van der Waals surface area contributed by atoms with E-state index in [1.165, 1.54) is 0 Å². The van der Waals surface area contributed by atoms with Crippen LogP contribution in [0.25, 0.3) is 26.9 Å². The number of benzene rings is 3. The van der Waals surface area contributed by atoms with Gasteiger partial charge in [-0.2, -0.15) is 4.98 Å². The maximum Gasteiger partial charge on any atom is 0.229 e. The minimum absolute atomic E-state index is 0.450. The van der Waals surface area contributed by atoms with E-state index in [0.717, 1.165) is 43.9 Å². The van der Waals surface area contributed by atoms with Gasteiger partial charge < -0.3 is 21.7 Å². The van der Waals surface area contributed by atoms with Gasteiger partial charge in [0.25, 0.3) is 0 Å². The molecule has 0 fully saturated rings. The van der Waals surface area contributed by atoms with Gasteiger partial charge in [0.15, 0.2) is 22.5 Å². The van der Waals surface area contributed by atoms with Gasteiger partial charge in [0, 0.05) is 34.3 Å². The normalized spacial score (nSPS) is 11.8. The molecule has 5 N–H and O–H groups in total. The molecule has 44 heavy (non-hydrogen) atoms. The van der Waals surface area contributed by atoms with Crippen LogP contribution in [0.2, 0.25) is 0 Å². The summed E-state index contributed by atoms with van der Waals surface area (Å²) in [6, 6.07) is 30.6. The van der Waals surface area contributed by atoms with Crippen LogP contribution in [0.15, 0.2) is 126 Å². The molecule has 0 saturated carbocycles. The first-order chi connectivity index (χ1) is 21.5. The molecule has 7 aromatic rings. The van der Waals surface area contributed by atoms with Crippen LogP contribution < -0.4 is 21.7 Å². The second-order valence-corrected chi connectivity index (χ2v) is 12.2. The van der Waals surface area contributed by atoms with E-state index < -0.39 is 11.0 Å². The monoisotopic (exact) mass is 614 g/mol. The molecule has 0 bridgehead atoms. The molecule has 0 amide bonds. The van der Waals surface area contributed by atoms with Crippen LogP contribution in [-0.4, -0.2) is 23.1 Å². The summed E-state index contributed by atoms with van der Waals surface area (Å²) in [5.41, 5.74) is 12.1. The zero-order valence-corrected chi connectivity index (χ0v) is 24.9. The molecule has 0 aliphatic carbocycles. The van der Waals surface area contributed by atoms with Gasteiger partial charge in [0.05, 0.1) is 27.0 Å². The molecule has 1 unspecified atom stereocenters. The van der Waals surface area contributed by atoms with Crippen LogP contribution in [0.5, 0.6) is 0 Å². The third-order valence-electron chi connectivity index (χ3n) is 6.86. The smallest absolute Gasteiger partial charge is 0.229 e. The maximum absolute atomic E-state index is 13.1. The van der Waals surface area contributed by atoms with Gasteiger partial charge in [0.2, 0.25) is 5.95 Å². The van der Waals surface area contributed by atoms with Crippen molar-refractivity contribution in [2.24, 2.45) is 0 Å². The fraction of sp³-hybridized carbons (Fsp3) is 0. The lowest BCUT2D eigenvalue weighted by molar-refractivity contribution is 0.678. The molecule has 216 valence electrons. The molecule has 11 heteroatoms. The highest BCUT2D eigenvalue weighted by molar-refractivity contribution is 7.83. The van der Waals surface area contributed by atoms with Crippen molar-refractivity contribution in [2.45, 2.75) is 4.90 Å². The van der Waals surface area contributed by atoms with E-state index in [4.69, 9.17) is 15.7 Å². The molecule has 0 aliphatic rings. The predicted molar refractivity (Wildman–Crippen MR) is 182 cm³/mol. The summed E-state index contributed by atoms with van der Waals surface area (Å²) < 4.78 is 15.7. The fourth-order valence-electron chi connectivity index (χ4n) is 4.73. The lowest BCUT2D eigenvalue weighted by Gasteiger charge is -2.13. The Kier molecular flexibility index (Phi) is 7.22. The Hall–Kier alpha value is -5.52. The first-order valence-corrected chi connectivity index (χ1v) is 15.6. The lowest BCUT2D eigenvalue weighted by atomic mass is 10.1. The van der Waals surface area contributed by atoms with E-state index in [-0.39, 0.29) is 0 Å². The van der Waals surface area contributed by atoms with Gasteiger partial charge >= 0.3 is 0 Å². The largest absolute Gasteiger partial charge is 0.399 e. The number of thiophene rings is 1. The van der Waals surface area contributed by atoms with Crippen LogP contribution in [0, 0.1) is 0 Å². The third-order valence-corrected chi connectivity index (χ3v) is 9.09. The standard InChI is InChI=1S/C33H26N8OS2/c1-21(22-10-12-24(34)13-11-22)36-25-6-5-7-26(19-25)38-33-39-29-15-17-43-30(29)31(40-33)37-27-18-23-14-16-41(32(23)35-20-27)44(42)28-8-3-2-4-9-28/h2-20,36H,1,34H2,(H2,37,38,39,40). The van der Waals surface area contributed by atoms with Gasteiger partial charge in [-0.3, -0.25) is 0 Å². The minimum Gasteiger partial charge on any atom is -0.399 e. The van der Waals surface area contributed by atoms with Crippen molar-refractivity contribution >= 4 is 83.8 Å². The van der Waals surface area contributed by atoms with Crippen LogP contribution in [0.1, 0.15) is 5.56 Å². The number of hydrogen-bond donors (Lipinski definition) is 4. The molecule has 0 spiro atoms. The Morgan fingerprint density at radius 2 is 1.68 bits per heavy atom. The van der Waals surface area contributed by atoms with E-state index >= 15 is 0 Å². The SMILES string of the molecule is C=C(Nc1cccc(Nc2nc(Nc3cnc4c(ccn4S(=O)c4ccccc4)c3)c3sccc3n2)c1)c1ccc(N)cc1. The lowest BCUT2D eigenvalue weighted by Crippen LogP contribution is -2.04. The number of pyridine rings is 1. The van der Waals surface area contributed by atoms with Crippen molar-refractivity contribution in [1.29, 1.82) is 0 Å². The summed E-state index contributed by atoms with van der Waals surface area (Å²) in [6.45, 7) is 4.16. The zero-order valence-electron chi connectivity index (χ0n) is 23.3. The van der Waals surface area contributed by atoms with Crippen molar-refractivity contribution in [3.8, 4) is 0 Å². The molecule has 4 aromatic heterocycles. The molecule has 4 heterocycles. The van der Waals surface area contributed by atoms with E-state index in [1.807, 2.05) is 102 Å². The van der Waals surface area contributed by atoms with Crippen LogP contribution in [0.4, 0.5) is 34.5 Å². The number of nitrogens with zero attached hydrogens (tertiary/aromatic N) is 4. The van der Waals surface area contributed by atoms with Crippen molar-refractivity contribution in [2.75, 3.05) is 21.7 Å². The van der Waals surface area contributed by atoms with E-state index in [9.17, 15) is 4.21 Å². The minimum atomic E-state index is -1.39. The molecule has 0 aliphatic heterocycles. The Morgan fingerprint density at radius 1 is 0.864 bits per heavy atom. The number of aromatic nitrogens is 4. The zero-order chi connectivity index (χ0) is 30.0. The molecule has 1 atom stereocenters. The van der Waals surface area contributed by atoms with Crippen molar-refractivity contribution < 1.29 is 4.21 Å². The Labute approximate surface area is 259 Å². The summed E-state index contributed by atoms with van der Waals surface area (Å²) in [5.74, 6) is 1.11. The average Bonchev–Trinajstić information content (AvgIpc) is 3.69. The molecule has 7 rings (SSSR count). The van der Waals surface area contributed by atoms with Gasteiger partial charge in [0.1, 0.15) is 0 Å². The summed E-state index contributed by atoms with van der Waals surface area (Å²) in [4.78, 5) is 14.9. The van der Waals surface area contributed by atoms with Gasteiger partial charge in [-0.15, -0.1) is 11.3 Å². The maximum atomic E-state index is 13.1. The average molecular weight is 615 g/mol.